The number of aryl methyl sites for hydroxylation is 1. The number of rotatable bonds is 5. The van der Waals surface area contributed by atoms with Gasteiger partial charge in [0, 0.05) is 24.2 Å². The molecule has 0 bridgehead atoms. The summed E-state index contributed by atoms with van der Waals surface area (Å²) in [6, 6.07) is 6.94. The van der Waals surface area contributed by atoms with E-state index in [9.17, 15) is 10.1 Å². The Morgan fingerprint density at radius 1 is 1.50 bits per heavy atom. The molecular formula is C14H15ClN2O3. The lowest BCUT2D eigenvalue weighted by Crippen LogP contribution is -2.18. The van der Waals surface area contributed by atoms with Gasteiger partial charge in [-0.25, -0.2) is 0 Å². The fourth-order valence-corrected chi connectivity index (χ4v) is 2.24. The smallest absolute Gasteiger partial charge is 0.288 e. The Bertz CT molecular complexity index is 611. The predicted octanol–water partition coefficient (Wildman–Crippen LogP) is 4.19. The number of nitro benzene ring substituents is 1. The molecule has 6 heteroatoms. The van der Waals surface area contributed by atoms with E-state index in [0.717, 1.165) is 23.4 Å². The second-order valence-corrected chi connectivity index (χ2v) is 5.11. The molecule has 1 aromatic carbocycles. The monoisotopic (exact) mass is 294 g/mol. The van der Waals surface area contributed by atoms with E-state index >= 15 is 0 Å². The zero-order valence-corrected chi connectivity index (χ0v) is 12.0. The third kappa shape index (κ3) is 3.30. The van der Waals surface area contributed by atoms with Gasteiger partial charge in [0.25, 0.3) is 5.69 Å². The Labute approximate surface area is 121 Å². The molecular weight excluding hydrogens is 280 g/mol. The maximum Gasteiger partial charge on any atom is 0.288 e. The molecule has 0 aliphatic heterocycles. The largest absolute Gasteiger partial charge is 0.469 e. The van der Waals surface area contributed by atoms with Crippen molar-refractivity contribution in [3.05, 3.63) is 57.0 Å². The summed E-state index contributed by atoms with van der Waals surface area (Å²) in [4.78, 5) is 10.3. The molecule has 0 saturated heterocycles. The van der Waals surface area contributed by atoms with Crippen LogP contribution < -0.4 is 5.32 Å². The van der Waals surface area contributed by atoms with Crippen molar-refractivity contribution in [2.24, 2.45) is 0 Å². The normalized spacial score (nSPS) is 12.2. The second-order valence-electron chi connectivity index (χ2n) is 4.70. The highest BCUT2D eigenvalue weighted by Crippen LogP contribution is 2.31. The highest BCUT2D eigenvalue weighted by molar-refractivity contribution is 6.33. The number of nitrogens with one attached hydrogen (secondary N) is 1. The summed E-state index contributed by atoms with van der Waals surface area (Å²) in [5.74, 6) is 0.885. The number of benzene rings is 1. The molecule has 0 saturated carbocycles. The quantitative estimate of drug-likeness (QED) is 0.663. The van der Waals surface area contributed by atoms with Gasteiger partial charge in [0.1, 0.15) is 10.8 Å². The zero-order valence-electron chi connectivity index (χ0n) is 11.2. The first-order valence-electron chi connectivity index (χ1n) is 6.21. The lowest BCUT2D eigenvalue weighted by molar-refractivity contribution is -0.384. The molecule has 0 radical (unpaired) electrons. The van der Waals surface area contributed by atoms with Crippen molar-refractivity contribution < 1.29 is 9.34 Å². The molecule has 1 N–H and O–H groups in total. The Morgan fingerprint density at radius 3 is 2.85 bits per heavy atom. The summed E-state index contributed by atoms with van der Waals surface area (Å²) >= 11 is 5.92. The molecule has 0 aliphatic rings. The SMILES string of the molecule is Cc1cc([N+](=O)[O-])c(Cl)cc1NC(C)Cc1ccco1. The van der Waals surface area contributed by atoms with Gasteiger partial charge >= 0.3 is 0 Å². The van der Waals surface area contributed by atoms with Crippen molar-refractivity contribution in [3.8, 4) is 0 Å². The Hall–Kier alpha value is -2.01. The van der Waals surface area contributed by atoms with Crippen molar-refractivity contribution in [2.75, 3.05) is 5.32 Å². The van der Waals surface area contributed by atoms with Gasteiger partial charge in [-0.3, -0.25) is 10.1 Å². The van der Waals surface area contributed by atoms with Crippen LogP contribution in [0, 0.1) is 17.0 Å². The summed E-state index contributed by atoms with van der Waals surface area (Å²) < 4.78 is 5.29. The van der Waals surface area contributed by atoms with Gasteiger partial charge < -0.3 is 9.73 Å². The van der Waals surface area contributed by atoms with Gasteiger partial charge in [-0.15, -0.1) is 0 Å². The number of nitro groups is 1. The Morgan fingerprint density at radius 2 is 2.25 bits per heavy atom. The molecule has 1 heterocycles. The highest BCUT2D eigenvalue weighted by Gasteiger charge is 2.16. The van der Waals surface area contributed by atoms with Crippen LogP contribution in [0.2, 0.25) is 5.02 Å². The van der Waals surface area contributed by atoms with Crippen LogP contribution in [0.5, 0.6) is 0 Å². The van der Waals surface area contributed by atoms with E-state index in [2.05, 4.69) is 5.32 Å². The van der Waals surface area contributed by atoms with E-state index in [0.29, 0.717) is 0 Å². The summed E-state index contributed by atoms with van der Waals surface area (Å²) in [7, 11) is 0. The molecule has 1 unspecified atom stereocenters. The predicted molar refractivity (Wildman–Crippen MR) is 78.3 cm³/mol. The minimum Gasteiger partial charge on any atom is -0.469 e. The molecule has 0 amide bonds. The van der Waals surface area contributed by atoms with Gasteiger partial charge in [0.05, 0.1) is 11.2 Å². The van der Waals surface area contributed by atoms with E-state index in [-0.39, 0.29) is 16.8 Å². The molecule has 0 aliphatic carbocycles. The minimum atomic E-state index is -0.481. The van der Waals surface area contributed by atoms with Crippen LogP contribution >= 0.6 is 11.6 Å². The topological polar surface area (TPSA) is 68.3 Å². The second kappa shape index (κ2) is 5.96. The first-order valence-corrected chi connectivity index (χ1v) is 6.58. The molecule has 2 rings (SSSR count). The maximum absolute atomic E-state index is 10.8. The molecule has 1 aromatic heterocycles. The van der Waals surface area contributed by atoms with E-state index in [4.69, 9.17) is 16.0 Å². The zero-order chi connectivity index (χ0) is 14.7. The number of hydrogen-bond acceptors (Lipinski definition) is 4. The van der Waals surface area contributed by atoms with Crippen LogP contribution in [0.1, 0.15) is 18.2 Å². The van der Waals surface area contributed by atoms with Crippen LogP contribution in [-0.4, -0.2) is 11.0 Å². The first-order chi connectivity index (χ1) is 9.47. The molecule has 1 atom stereocenters. The Balaban J connectivity index is 2.13. The molecule has 5 nitrogen and oxygen atoms in total. The van der Waals surface area contributed by atoms with Crippen molar-refractivity contribution in [1.82, 2.24) is 0 Å². The van der Waals surface area contributed by atoms with E-state index in [1.165, 1.54) is 6.07 Å². The highest BCUT2D eigenvalue weighted by atomic mass is 35.5. The van der Waals surface area contributed by atoms with Crippen molar-refractivity contribution in [1.29, 1.82) is 0 Å². The standard InChI is InChI=1S/C14H15ClN2O3/c1-9-6-14(17(18)19)12(15)8-13(9)16-10(2)7-11-4-3-5-20-11/h3-6,8,10,16H,7H2,1-2H3. The average molecular weight is 295 g/mol. The lowest BCUT2D eigenvalue weighted by Gasteiger charge is -2.16. The van der Waals surface area contributed by atoms with Crippen LogP contribution in [0.4, 0.5) is 11.4 Å². The molecule has 0 fully saturated rings. The van der Waals surface area contributed by atoms with E-state index in [1.54, 1.807) is 12.3 Å². The fraction of sp³-hybridized carbons (Fsp3) is 0.286. The van der Waals surface area contributed by atoms with Gasteiger partial charge in [0.15, 0.2) is 0 Å². The molecule has 0 spiro atoms. The third-order valence-corrected chi connectivity index (χ3v) is 3.28. The van der Waals surface area contributed by atoms with Crippen molar-refractivity contribution in [2.45, 2.75) is 26.3 Å². The maximum atomic E-state index is 10.8. The number of nitrogens with zero attached hydrogens (tertiary/aromatic N) is 1. The summed E-state index contributed by atoms with van der Waals surface area (Å²) in [6.07, 6.45) is 2.36. The number of anilines is 1. The first kappa shape index (κ1) is 14.4. The van der Waals surface area contributed by atoms with E-state index < -0.39 is 4.92 Å². The lowest BCUT2D eigenvalue weighted by atomic mass is 10.1. The number of halogens is 1. The van der Waals surface area contributed by atoms with Crippen LogP contribution in [0.3, 0.4) is 0 Å². The van der Waals surface area contributed by atoms with E-state index in [1.807, 2.05) is 26.0 Å². The van der Waals surface area contributed by atoms with Gasteiger partial charge in [0.2, 0.25) is 0 Å². The summed E-state index contributed by atoms with van der Waals surface area (Å²) in [6.45, 7) is 3.82. The number of hydrogen-bond donors (Lipinski definition) is 1. The Kier molecular flexibility index (Phi) is 4.29. The molecule has 2 aromatic rings. The van der Waals surface area contributed by atoms with Crippen molar-refractivity contribution >= 4 is 23.0 Å². The van der Waals surface area contributed by atoms with Crippen LogP contribution in [0.25, 0.3) is 0 Å². The minimum absolute atomic E-state index is 0.0756. The summed E-state index contributed by atoms with van der Waals surface area (Å²) in [5, 5.41) is 14.2. The third-order valence-electron chi connectivity index (χ3n) is 2.98. The van der Waals surface area contributed by atoms with Gasteiger partial charge in [-0.05, 0) is 37.6 Å². The average Bonchev–Trinajstić information content (AvgIpc) is 2.85. The number of furan rings is 1. The molecule has 106 valence electrons. The van der Waals surface area contributed by atoms with Gasteiger partial charge in [-0.2, -0.15) is 0 Å². The van der Waals surface area contributed by atoms with Gasteiger partial charge in [-0.1, -0.05) is 11.6 Å². The fourth-order valence-electron chi connectivity index (χ4n) is 2.01. The van der Waals surface area contributed by atoms with Crippen molar-refractivity contribution in [3.63, 3.8) is 0 Å². The summed E-state index contributed by atoms with van der Waals surface area (Å²) in [5.41, 5.74) is 1.50. The van der Waals surface area contributed by atoms with Crippen LogP contribution in [0.15, 0.2) is 34.9 Å². The molecule has 20 heavy (non-hydrogen) atoms. The van der Waals surface area contributed by atoms with Crippen LogP contribution in [-0.2, 0) is 6.42 Å².